The Morgan fingerprint density at radius 3 is 2.71 bits per heavy atom. The summed E-state index contributed by atoms with van der Waals surface area (Å²) in [6.07, 6.45) is 3.62. The van der Waals surface area contributed by atoms with Crippen molar-refractivity contribution in [1.82, 2.24) is 15.2 Å². The number of hydrogen-bond donors (Lipinski definition) is 2. The van der Waals surface area contributed by atoms with Gasteiger partial charge in [0.1, 0.15) is 5.76 Å². The summed E-state index contributed by atoms with van der Waals surface area (Å²) in [5.41, 5.74) is 5.27. The van der Waals surface area contributed by atoms with Gasteiger partial charge in [0.2, 0.25) is 0 Å². The largest absolute Gasteiger partial charge is 0.444 e. The molecule has 0 aliphatic rings. The van der Waals surface area contributed by atoms with Gasteiger partial charge in [-0.2, -0.15) is 8.42 Å². The van der Waals surface area contributed by atoms with Gasteiger partial charge in [-0.05, 0) is 23.6 Å². The molecule has 10 nitrogen and oxygen atoms in total. The molecule has 0 saturated carbocycles. The molecule has 0 radical (unpaired) electrons. The van der Waals surface area contributed by atoms with Crippen LogP contribution < -0.4 is 15.2 Å². The molecule has 1 heterocycles. The Bertz CT molecular complexity index is 1120. The van der Waals surface area contributed by atoms with Crippen molar-refractivity contribution in [1.29, 1.82) is 0 Å². The third-order valence-electron chi connectivity index (χ3n) is 3.67. The van der Waals surface area contributed by atoms with E-state index in [1.54, 1.807) is 6.92 Å². The summed E-state index contributed by atoms with van der Waals surface area (Å²) in [7, 11) is -2.46. The van der Waals surface area contributed by atoms with Crippen molar-refractivity contribution >= 4 is 33.7 Å². The molecule has 31 heavy (non-hydrogen) atoms. The summed E-state index contributed by atoms with van der Waals surface area (Å²) in [5, 5.41) is 4.36. The second kappa shape index (κ2) is 10.2. The van der Waals surface area contributed by atoms with Crippen LogP contribution in [0.25, 0.3) is 0 Å². The summed E-state index contributed by atoms with van der Waals surface area (Å²) in [5.74, 6) is -0.467. The molecule has 0 fully saturated rings. The summed E-state index contributed by atoms with van der Waals surface area (Å²) in [6, 6.07) is 3.86. The molecule has 0 atom stereocenters. The standard InChI is InChI=1S/C19H22N4O6S2/c1-12-21-10-15(28-12)11-23(3)19(25)16-6-5-14(9-17(16)29-31(4,26)27)18(24)22-13(2)30-8-7-20/h5-10H,2,11,20H2,1,3-4H3,(H,22,24)/b8-7-. The first-order valence-electron chi connectivity index (χ1n) is 8.74. The first-order chi connectivity index (χ1) is 14.5. The summed E-state index contributed by atoms with van der Waals surface area (Å²) < 4.78 is 33.7. The Kier molecular flexibility index (Phi) is 7.89. The van der Waals surface area contributed by atoms with Crippen molar-refractivity contribution in [3.05, 3.63) is 70.4 Å². The molecule has 0 unspecified atom stereocenters. The number of carbonyl (C=O) groups is 2. The van der Waals surface area contributed by atoms with Gasteiger partial charge in [-0.1, -0.05) is 18.3 Å². The number of thioether (sulfide) groups is 1. The predicted octanol–water partition coefficient (Wildman–Crippen LogP) is 1.96. The van der Waals surface area contributed by atoms with E-state index in [0.29, 0.717) is 16.7 Å². The predicted molar refractivity (Wildman–Crippen MR) is 116 cm³/mol. The number of oxazole rings is 1. The molecule has 0 aliphatic carbocycles. The Hall–Kier alpha value is -3.25. The van der Waals surface area contributed by atoms with Crippen molar-refractivity contribution in [2.24, 2.45) is 5.73 Å². The summed E-state index contributed by atoms with van der Waals surface area (Å²) in [6.45, 7) is 5.45. The third-order valence-corrected chi connectivity index (χ3v) is 4.83. The number of carbonyl (C=O) groups excluding carboxylic acids is 2. The molecular formula is C19H22N4O6S2. The molecule has 166 valence electrons. The number of nitrogens with zero attached hydrogens (tertiary/aromatic N) is 2. The second-order valence-electron chi connectivity index (χ2n) is 6.33. The van der Waals surface area contributed by atoms with Gasteiger partial charge < -0.3 is 24.6 Å². The number of aromatic nitrogens is 1. The molecule has 1 aromatic heterocycles. The van der Waals surface area contributed by atoms with E-state index in [4.69, 9.17) is 14.3 Å². The van der Waals surface area contributed by atoms with Crippen molar-refractivity contribution in [3.63, 3.8) is 0 Å². The van der Waals surface area contributed by atoms with E-state index in [9.17, 15) is 18.0 Å². The van der Waals surface area contributed by atoms with Crippen LogP contribution in [0.4, 0.5) is 0 Å². The lowest BCUT2D eigenvalue weighted by molar-refractivity contribution is 0.0772. The molecule has 2 aromatic rings. The maximum atomic E-state index is 12.9. The molecule has 0 spiro atoms. The lowest BCUT2D eigenvalue weighted by Crippen LogP contribution is -2.27. The van der Waals surface area contributed by atoms with Crippen LogP contribution in [0, 0.1) is 6.92 Å². The average Bonchev–Trinajstić information content (AvgIpc) is 3.09. The quantitative estimate of drug-likeness (QED) is 0.530. The monoisotopic (exact) mass is 466 g/mol. The van der Waals surface area contributed by atoms with E-state index in [1.165, 1.54) is 48.0 Å². The zero-order valence-corrected chi connectivity index (χ0v) is 18.7. The highest BCUT2D eigenvalue weighted by Crippen LogP contribution is 2.25. The molecule has 1 aromatic carbocycles. The van der Waals surface area contributed by atoms with Gasteiger partial charge in [-0.25, -0.2) is 4.98 Å². The zero-order valence-electron chi connectivity index (χ0n) is 17.1. The Morgan fingerprint density at radius 2 is 2.13 bits per heavy atom. The molecule has 3 N–H and O–H groups in total. The molecule has 0 bridgehead atoms. The maximum Gasteiger partial charge on any atom is 0.306 e. The van der Waals surface area contributed by atoms with Crippen molar-refractivity contribution in [2.75, 3.05) is 13.3 Å². The SMILES string of the molecule is C=C(NC(=O)c1ccc(C(=O)N(C)Cc2cnc(C)o2)c(OS(C)(=O)=O)c1)S/C=C\N. The van der Waals surface area contributed by atoms with E-state index in [2.05, 4.69) is 16.9 Å². The Balaban J connectivity index is 2.30. The van der Waals surface area contributed by atoms with Crippen LogP contribution in [0.5, 0.6) is 5.75 Å². The van der Waals surface area contributed by atoms with E-state index in [0.717, 1.165) is 18.0 Å². The number of nitrogens with one attached hydrogen (secondary N) is 1. The van der Waals surface area contributed by atoms with Gasteiger partial charge in [0, 0.05) is 25.7 Å². The molecule has 12 heteroatoms. The maximum absolute atomic E-state index is 12.9. The fourth-order valence-corrected chi connectivity index (χ4v) is 3.27. The zero-order chi connectivity index (χ0) is 23.2. The van der Waals surface area contributed by atoms with Gasteiger partial charge in [-0.3, -0.25) is 9.59 Å². The number of nitrogens with two attached hydrogens (primary N) is 1. The normalized spacial score (nSPS) is 11.3. The van der Waals surface area contributed by atoms with E-state index in [1.807, 2.05) is 0 Å². The fraction of sp³-hybridized carbons (Fsp3) is 0.211. The molecule has 2 rings (SSSR count). The molecule has 2 amide bonds. The topological polar surface area (TPSA) is 145 Å². The molecule has 0 aliphatic heterocycles. The van der Waals surface area contributed by atoms with Gasteiger partial charge in [0.25, 0.3) is 11.8 Å². The lowest BCUT2D eigenvalue weighted by atomic mass is 10.1. The van der Waals surface area contributed by atoms with Crippen molar-refractivity contribution in [3.8, 4) is 5.75 Å². The fourth-order valence-electron chi connectivity index (χ4n) is 2.41. The van der Waals surface area contributed by atoms with E-state index < -0.39 is 21.9 Å². The minimum atomic E-state index is -3.97. The van der Waals surface area contributed by atoms with Crippen LogP contribution in [-0.4, -0.2) is 43.4 Å². The highest BCUT2D eigenvalue weighted by Gasteiger charge is 2.22. The van der Waals surface area contributed by atoms with E-state index >= 15 is 0 Å². The van der Waals surface area contributed by atoms with Gasteiger partial charge in [0.15, 0.2) is 11.6 Å². The Labute approximate surface area is 184 Å². The van der Waals surface area contributed by atoms with Gasteiger partial charge >= 0.3 is 10.1 Å². The first-order valence-corrected chi connectivity index (χ1v) is 11.4. The minimum absolute atomic E-state index is 0.0417. The Morgan fingerprint density at radius 1 is 1.42 bits per heavy atom. The lowest BCUT2D eigenvalue weighted by Gasteiger charge is -2.18. The van der Waals surface area contributed by atoms with Crippen LogP contribution in [0.15, 0.2) is 52.0 Å². The number of aryl methyl sites for hydroxylation is 1. The third kappa shape index (κ3) is 7.19. The highest BCUT2D eigenvalue weighted by molar-refractivity contribution is 8.05. The average molecular weight is 467 g/mol. The number of rotatable bonds is 9. The minimum Gasteiger partial charge on any atom is -0.444 e. The number of benzene rings is 1. The molecular weight excluding hydrogens is 444 g/mol. The van der Waals surface area contributed by atoms with E-state index in [-0.39, 0.29) is 23.4 Å². The van der Waals surface area contributed by atoms with Gasteiger partial charge in [-0.15, -0.1) is 0 Å². The summed E-state index contributed by atoms with van der Waals surface area (Å²) >= 11 is 1.09. The number of hydrogen-bond acceptors (Lipinski definition) is 9. The van der Waals surface area contributed by atoms with Gasteiger partial charge in [0.05, 0.1) is 29.6 Å². The molecule has 0 saturated heterocycles. The van der Waals surface area contributed by atoms with Crippen LogP contribution in [0.2, 0.25) is 0 Å². The smallest absolute Gasteiger partial charge is 0.306 e. The van der Waals surface area contributed by atoms with Crippen LogP contribution in [0.3, 0.4) is 0 Å². The van der Waals surface area contributed by atoms with Crippen LogP contribution >= 0.6 is 11.8 Å². The highest BCUT2D eigenvalue weighted by atomic mass is 32.2. The van der Waals surface area contributed by atoms with Crippen molar-refractivity contribution in [2.45, 2.75) is 13.5 Å². The first kappa shape index (κ1) is 24.0. The summed E-state index contributed by atoms with van der Waals surface area (Å²) in [4.78, 5) is 30.6. The number of amides is 2. The second-order valence-corrected chi connectivity index (χ2v) is 8.90. The van der Waals surface area contributed by atoms with Crippen molar-refractivity contribution < 1.29 is 26.6 Å². The van der Waals surface area contributed by atoms with Crippen LogP contribution in [-0.2, 0) is 16.7 Å². The van der Waals surface area contributed by atoms with Crippen LogP contribution in [0.1, 0.15) is 32.4 Å².